The fourth-order valence-electron chi connectivity index (χ4n) is 4.54. The maximum absolute atomic E-state index is 13.6. The van der Waals surface area contributed by atoms with Gasteiger partial charge in [0.25, 0.3) is 0 Å². The number of halogens is 1. The Morgan fingerprint density at radius 2 is 1.53 bits per heavy atom. The minimum Gasteiger partial charge on any atom is -0.494 e. The summed E-state index contributed by atoms with van der Waals surface area (Å²) < 4.78 is 24.7. The molecule has 0 amide bonds. The average molecular weight is 441 g/mol. The van der Waals surface area contributed by atoms with Gasteiger partial charge < -0.3 is 9.47 Å². The fourth-order valence-corrected chi connectivity index (χ4v) is 4.54. The molecule has 2 aromatic carbocycles. The van der Waals surface area contributed by atoms with Crippen LogP contribution in [0, 0.1) is 24.6 Å². The van der Waals surface area contributed by atoms with Gasteiger partial charge in [0.1, 0.15) is 17.3 Å². The van der Waals surface area contributed by atoms with Crippen molar-refractivity contribution in [2.45, 2.75) is 78.1 Å². The van der Waals surface area contributed by atoms with E-state index >= 15 is 0 Å². The summed E-state index contributed by atoms with van der Waals surface area (Å²) in [6.45, 7) is 4.64. The van der Waals surface area contributed by atoms with Gasteiger partial charge in [-0.05, 0) is 67.5 Å². The first-order valence-corrected chi connectivity index (χ1v) is 12.3. The van der Waals surface area contributed by atoms with E-state index in [4.69, 9.17) is 9.47 Å². The highest BCUT2D eigenvalue weighted by Crippen LogP contribution is 2.34. The first-order chi connectivity index (χ1) is 15.5. The van der Waals surface area contributed by atoms with Crippen molar-refractivity contribution in [3.8, 4) is 11.5 Å². The predicted molar refractivity (Wildman–Crippen MR) is 127 cm³/mol. The van der Waals surface area contributed by atoms with Gasteiger partial charge in [-0.15, -0.1) is 0 Å². The van der Waals surface area contributed by atoms with Crippen LogP contribution in [0.1, 0.15) is 87.1 Å². The highest BCUT2D eigenvalue weighted by atomic mass is 19.1. The summed E-state index contributed by atoms with van der Waals surface area (Å²) in [6, 6.07) is 11.3. The highest BCUT2D eigenvalue weighted by Gasteiger charge is 2.20. The molecule has 0 aliphatic heterocycles. The molecule has 0 spiro atoms. The third-order valence-corrected chi connectivity index (χ3v) is 6.65. The van der Waals surface area contributed by atoms with Crippen LogP contribution in [-0.2, 0) is 0 Å². The normalized spacial score (nSPS) is 18.3. The van der Waals surface area contributed by atoms with Crippen molar-refractivity contribution in [1.29, 1.82) is 0 Å². The molecule has 0 N–H and O–H groups in total. The molecule has 2 aromatic rings. The van der Waals surface area contributed by atoms with Gasteiger partial charge >= 0.3 is 5.97 Å². The van der Waals surface area contributed by atoms with E-state index in [0.29, 0.717) is 17.7 Å². The lowest BCUT2D eigenvalue weighted by atomic mass is 9.78. The number of carbonyl (C=O) groups excluding carboxylic acids is 1. The molecule has 1 saturated carbocycles. The van der Waals surface area contributed by atoms with Crippen molar-refractivity contribution in [2.24, 2.45) is 11.8 Å². The monoisotopic (exact) mass is 440 g/mol. The van der Waals surface area contributed by atoms with Crippen molar-refractivity contribution in [3.63, 3.8) is 0 Å². The van der Waals surface area contributed by atoms with Gasteiger partial charge in [-0.3, -0.25) is 0 Å². The second kappa shape index (κ2) is 12.6. The zero-order valence-electron chi connectivity index (χ0n) is 19.6. The standard InChI is InChI=1S/C28H37FO3/c1-3-4-5-7-22-10-12-23(13-11-22)8-6-19-31-25-17-14-24(15-18-25)28(30)32-26-16-9-21(2)27(29)20-26/h9,14-18,20,22-23H,3-8,10-13,19H2,1-2H3. The summed E-state index contributed by atoms with van der Waals surface area (Å²) in [7, 11) is 0. The fraction of sp³-hybridized carbons (Fsp3) is 0.536. The lowest BCUT2D eigenvalue weighted by Crippen LogP contribution is -2.15. The minimum atomic E-state index is -0.509. The zero-order valence-corrected chi connectivity index (χ0v) is 19.6. The lowest BCUT2D eigenvalue weighted by molar-refractivity contribution is 0.0734. The Labute approximate surface area is 192 Å². The summed E-state index contributed by atoms with van der Waals surface area (Å²) in [5.74, 6) is 1.87. The van der Waals surface area contributed by atoms with Crippen LogP contribution < -0.4 is 9.47 Å². The number of benzene rings is 2. The number of hydrogen-bond acceptors (Lipinski definition) is 3. The molecule has 0 aromatic heterocycles. The van der Waals surface area contributed by atoms with Crippen molar-refractivity contribution in [3.05, 3.63) is 59.4 Å². The van der Waals surface area contributed by atoms with Crippen molar-refractivity contribution >= 4 is 5.97 Å². The Bertz CT molecular complexity index is 838. The maximum Gasteiger partial charge on any atom is 0.343 e. The number of hydrogen-bond donors (Lipinski definition) is 0. The smallest absolute Gasteiger partial charge is 0.343 e. The molecule has 1 aliphatic carbocycles. The van der Waals surface area contributed by atoms with E-state index in [-0.39, 0.29) is 11.6 Å². The lowest BCUT2D eigenvalue weighted by Gasteiger charge is -2.28. The van der Waals surface area contributed by atoms with E-state index in [0.717, 1.165) is 24.0 Å². The minimum absolute atomic E-state index is 0.202. The van der Waals surface area contributed by atoms with E-state index in [1.165, 1.54) is 63.9 Å². The Morgan fingerprint density at radius 1 is 0.906 bits per heavy atom. The van der Waals surface area contributed by atoms with Crippen molar-refractivity contribution in [2.75, 3.05) is 6.61 Å². The second-order valence-corrected chi connectivity index (χ2v) is 9.20. The maximum atomic E-state index is 13.6. The summed E-state index contributed by atoms with van der Waals surface area (Å²) in [6.07, 6.45) is 13.4. The first kappa shape index (κ1) is 24.3. The van der Waals surface area contributed by atoms with E-state index < -0.39 is 5.97 Å². The SMILES string of the molecule is CCCCCC1CCC(CCCOc2ccc(C(=O)Oc3ccc(C)c(F)c3)cc2)CC1. The molecular weight excluding hydrogens is 403 g/mol. The summed E-state index contributed by atoms with van der Waals surface area (Å²) in [5, 5.41) is 0. The molecule has 174 valence electrons. The average Bonchev–Trinajstić information content (AvgIpc) is 2.81. The molecule has 32 heavy (non-hydrogen) atoms. The Kier molecular flexibility index (Phi) is 9.58. The number of unbranched alkanes of at least 4 members (excludes halogenated alkanes) is 2. The van der Waals surface area contributed by atoms with Crippen LogP contribution in [-0.4, -0.2) is 12.6 Å². The summed E-state index contributed by atoms with van der Waals surface area (Å²) in [5.41, 5.74) is 0.926. The van der Waals surface area contributed by atoms with Crippen molar-refractivity contribution < 1.29 is 18.7 Å². The third kappa shape index (κ3) is 7.65. The Morgan fingerprint density at radius 3 is 2.16 bits per heavy atom. The molecule has 3 nitrogen and oxygen atoms in total. The van der Waals surface area contributed by atoms with Gasteiger partial charge in [-0.1, -0.05) is 64.4 Å². The van der Waals surface area contributed by atoms with E-state index in [1.54, 1.807) is 43.3 Å². The molecule has 0 atom stereocenters. The second-order valence-electron chi connectivity index (χ2n) is 9.20. The van der Waals surface area contributed by atoms with Gasteiger partial charge in [0.2, 0.25) is 0 Å². The molecule has 0 heterocycles. The van der Waals surface area contributed by atoms with E-state index in [9.17, 15) is 9.18 Å². The molecule has 1 aliphatic rings. The molecule has 1 fully saturated rings. The Balaban J connectivity index is 1.33. The molecule has 3 rings (SSSR count). The number of esters is 1. The van der Waals surface area contributed by atoms with Gasteiger partial charge in [0.15, 0.2) is 0 Å². The summed E-state index contributed by atoms with van der Waals surface area (Å²) in [4.78, 5) is 12.3. The van der Waals surface area contributed by atoms with Crippen molar-refractivity contribution in [1.82, 2.24) is 0 Å². The number of carbonyl (C=O) groups is 1. The van der Waals surface area contributed by atoms with E-state index in [2.05, 4.69) is 6.92 Å². The van der Waals surface area contributed by atoms with E-state index in [1.807, 2.05) is 0 Å². The molecule has 0 bridgehead atoms. The molecule has 0 unspecified atom stereocenters. The van der Waals surface area contributed by atoms with Crippen LogP contribution in [0.3, 0.4) is 0 Å². The van der Waals surface area contributed by atoms with Gasteiger partial charge in [0.05, 0.1) is 12.2 Å². The first-order valence-electron chi connectivity index (χ1n) is 12.3. The van der Waals surface area contributed by atoms with Crippen LogP contribution in [0.2, 0.25) is 0 Å². The molecule has 0 radical (unpaired) electrons. The van der Waals surface area contributed by atoms with Gasteiger partial charge in [0, 0.05) is 6.07 Å². The molecule has 0 saturated heterocycles. The highest BCUT2D eigenvalue weighted by molar-refractivity contribution is 5.91. The van der Waals surface area contributed by atoms with Crippen LogP contribution >= 0.6 is 0 Å². The predicted octanol–water partition coefficient (Wildman–Crippen LogP) is 7.90. The molecule has 4 heteroatoms. The van der Waals surface area contributed by atoms with Crippen LogP contribution in [0.15, 0.2) is 42.5 Å². The van der Waals surface area contributed by atoms with Gasteiger partial charge in [-0.2, -0.15) is 0 Å². The third-order valence-electron chi connectivity index (χ3n) is 6.65. The van der Waals surface area contributed by atoms with Crippen LogP contribution in [0.5, 0.6) is 11.5 Å². The zero-order chi connectivity index (χ0) is 22.8. The number of ether oxygens (including phenoxy) is 2. The topological polar surface area (TPSA) is 35.5 Å². The Hall–Kier alpha value is -2.36. The number of rotatable bonds is 11. The van der Waals surface area contributed by atoms with Crippen LogP contribution in [0.4, 0.5) is 4.39 Å². The largest absolute Gasteiger partial charge is 0.494 e. The van der Waals surface area contributed by atoms with Gasteiger partial charge in [-0.25, -0.2) is 9.18 Å². The van der Waals surface area contributed by atoms with Crippen LogP contribution in [0.25, 0.3) is 0 Å². The quantitative estimate of drug-likeness (QED) is 0.202. The molecular formula is C28H37FO3. The summed E-state index contributed by atoms with van der Waals surface area (Å²) >= 11 is 0. The number of aryl methyl sites for hydroxylation is 1.